The van der Waals surface area contributed by atoms with Gasteiger partial charge in [0.05, 0.1) is 12.7 Å². The van der Waals surface area contributed by atoms with Crippen LogP contribution < -0.4 is 4.74 Å². The van der Waals surface area contributed by atoms with Crippen LogP contribution in [0.3, 0.4) is 0 Å². The summed E-state index contributed by atoms with van der Waals surface area (Å²) in [5, 5.41) is 8.34. The maximum atomic E-state index is 12.3. The number of carbonyl (C=O) groups excluding carboxylic acids is 1. The first-order chi connectivity index (χ1) is 15.2. The van der Waals surface area contributed by atoms with Crippen LogP contribution in [0.2, 0.25) is 0 Å². The first kappa shape index (κ1) is 20.3. The second-order valence-corrected chi connectivity index (χ2v) is 7.32. The van der Waals surface area contributed by atoms with Crippen LogP contribution in [0.4, 0.5) is 0 Å². The Kier molecular flexibility index (Phi) is 6.33. The maximum absolute atomic E-state index is 12.3. The minimum Gasteiger partial charge on any atom is -0.487 e. The van der Waals surface area contributed by atoms with E-state index in [2.05, 4.69) is 35.4 Å². The molecule has 0 amide bonds. The van der Waals surface area contributed by atoms with E-state index in [-0.39, 0.29) is 5.78 Å². The molecule has 0 N–H and O–H groups in total. The van der Waals surface area contributed by atoms with Crippen LogP contribution in [0, 0.1) is 6.92 Å². The fraction of sp³-hybridized carbons (Fsp3) is 0.115. The number of benzene rings is 3. The van der Waals surface area contributed by atoms with Crippen molar-refractivity contribution in [3.63, 3.8) is 0 Å². The molecule has 4 rings (SSSR count). The Morgan fingerprint density at radius 1 is 1.00 bits per heavy atom. The molecule has 0 saturated carbocycles. The zero-order valence-corrected chi connectivity index (χ0v) is 17.3. The largest absolute Gasteiger partial charge is 0.487 e. The zero-order chi connectivity index (χ0) is 21.5. The van der Waals surface area contributed by atoms with Crippen LogP contribution in [0.5, 0.6) is 5.75 Å². The predicted molar refractivity (Wildman–Crippen MR) is 121 cm³/mol. The van der Waals surface area contributed by atoms with Gasteiger partial charge in [-0.25, -0.2) is 4.68 Å². The molecule has 0 atom stereocenters. The molecule has 31 heavy (non-hydrogen) atoms. The lowest BCUT2D eigenvalue weighted by Crippen LogP contribution is -2.00. The SMILES string of the molecule is Cc1cccc(Cn2cc(COc3ccc(C(=O)/C=C/c4ccccc4)cc3)nn2)c1. The molecule has 1 aromatic heterocycles. The van der Waals surface area contributed by atoms with E-state index in [4.69, 9.17) is 4.74 Å². The van der Waals surface area contributed by atoms with Crippen LogP contribution in [0.15, 0.2) is 91.1 Å². The van der Waals surface area contributed by atoms with Crippen molar-refractivity contribution in [2.45, 2.75) is 20.1 Å². The summed E-state index contributed by atoms with van der Waals surface area (Å²) in [5.74, 6) is 0.631. The molecule has 0 radical (unpaired) electrons. The summed E-state index contributed by atoms with van der Waals surface area (Å²) in [6, 6.07) is 25.2. The monoisotopic (exact) mass is 409 g/mol. The van der Waals surface area contributed by atoms with Gasteiger partial charge in [-0.2, -0.15) is 0 Å². The van der Waals surface area contributed by atoms with Crippen LogP contribution in [-0.2, 0) is 13.2 Å². The number of aromatic nitrogens is 3. The van der Waals surface area contributed by atoms with Gasteiger partial charge in [-0.05, 0) is 48.4 Å². The molecule has 5 heteroatoms. The summed E-state index contributed by atoms with van der Waals surface area (Å²) in [4.78, 5) is 12.3. The highest BCUT2D eigenvalue weighted by Gasteiger charge is 2.05. The minimum absolute atomic E-state index is 0.0468. The Balaban J connectivity index is 1.31. The van der Waals surface area contributed by atoms with Crippen LogP contribution >= 0.6 is 0 Å². The fourth-order valence-electron chi connectivity index (χ4n) is 3.18. The average Bonchev–Trinajstić information content (AvgIpc) is 3.24. The van der Waals surface area contributed by atoms with E-state index in [9.17, 15) is 4.79 Å². The van der Waals surface area contributed by atoms with Gasteiger partial charge in [0.1, 0.15) is 18.1 Å². The van der Waals surface area contributed by atoms with E-state index in [1.165, 1.54) is 11.1 Å². The lowest BCUT2D eigenvalue weighted by atomic mass is 10.1. The van der Waals surface area contributed by atoms with Crippen molar-refractivity contribution in [1.29, 1.82) is 0 Å². The van der Waals surface area contributed by atoms with Crippen molar-refractivity contribution in [2.24, 2.45) is 0 Å². The molecule has 154 valence electrons. The summed E-state index contributed by atoms with van der Waals surface area (Å²) in [5.41, 5.74) is 4.76. The summed E-state index contributed by atoms with van der Waals surface area (Å²) >= 11 is 0. The summed E-state index contributed by atoms with van der Waals surface area (Å²) in [6.07, 6.45) is 5.28. The number of hydrogen-bond acceptors (Lipinski definition) is 4. The molecular formula is C26H23N3O2. The smallest absolute Gasteiger partial charge is 0.185 e. The number of ketones is 1. The van der Waals surface area contributed by atoms with Gasteiger partial charge < -0.3 is 4.74 Å². The van der Waals surface area contributed by atoms with Crippen molar-refractivity contribution < 1.29 is 9.53 Å². The first-order valence-corrected chi connectivity index (χ1v) is 10.1. The molecule has 0 bridgehead atoms. The minimum atomic E-state index is -0.0468. The number of carbonyl (C=O) groups is 1. The molecule has 0 saturated heterocycles. The van der Waals surface area contributed by atoms with E-state index in [0.29, 0.717) is 24.5 Å². The highest BCUT2D eigenvalue weighted by Crippen LogP contribution is 2.15. The summed E-state index contributed by atoms with van der Waals surface area (Å²) < 4.78 is 7.59. The molecule has 3 aromatic carbocycles. The van der Waals surface area contributed by atoms with Gasteiger partial charge in [-0.1, -0.05) is 71.5 Å². The highest BCUT2D eigenvalue weighted by atomic mass is 16.5. The Morgan fingerprint density at radius 2 is 1.81 bits per heavy atom. The Labute approximate surface area is 181 Å². The van der Waals surface area contributed by atoms with Gasteiger partial charge in [0.2, 0.25) is 0 Å². The Hall–Kier alpha value is -3.99. The number of nitrogens with zero attached hydrogens (tertiary/aromatic N) is 3. The van der Waals surface area contributed by atoms with Gasteiger partial charge in [-0.15, -0.1) is 5.10 Å². The number of hydrogen-bond donors (Lipinski definition) is 0. The third-order valence-electron chi connectivity index (χ3n) is 4.77. The third-order valence-corrected chi connectivity index (χ3v) is 4.77. The first-order valence-electron chi connectivity index (χ1n) is 10.1. The van der Waals surface area contributed by atoms with Gasteiger partial charge in [0.25, 0.3) is 0 Å². The van der Waals surface area contributed by atoms with Crippen molar-refractivity contribution >= 4 is 11.9 Å². The van der Waals surface area contributed by atoms with Crippen molar-refractivity contribution in [3.8, 4) is 5.75 Å². The number of ether oxygens (including phenoxy) is 1. The maximum Gasteiger partial charge on any atom is 0.185 e. The summed E-state index contributed by atoms with van der Waals surface area (Å²) in [6.45, 7) is 3.06. The molecule has 5 nitrogen and oxygen atoms in total. The lowest BCUT2D eigenvalue weighted by Gasteiger charge is -2.04. The second-order valence-electron chi connectivity index (χ2n) is 7.32. The van der Waals surface area contributed by atoms with Gasteiger partial charge in [-0.3, -0.25) is 4.79 Å². The molecule has 0 spiro atoms. The molecular weight excluding hydrogens is 386 g/mol. The molecule has 0 aliphatic heterocycles. The van der Waals surface area contributed by atoms with Crippen LogP contribution in [0.1, 0.15) is 32.7 Å². The number of allylic oxidation sites excluding steroid dienone is 1. The standard InChI is InChI=1S/C26H23N3O2/c1-20-6-5-9-22(16-20)17-29-18-24(27-28-29)19-31-25-13-11-23(12-14-25)26(30)15-10-21-7-3-2-4-8-21/h2-16,18H,17,19H2,1H3/b15-10+. The van der Waals surface area contributed by atoms with E-state index in [0.717, 1.165) is 11.3 Å². The van der Waals surface area contributed by atoms with Crippen molar-refractivity contribution in [3.05, 3.63) is 119 Å². The van der Waals surface area contributed by atoms with Gasteiger partial charge in [0.15, 0.2) is 5.78 Å². The van der Waals surface area contributed by atoms with Crippen LogP contribution in [-0.4, -0.2) is 20.8 Å². The predicted octanol–water partition coefficient (Wildman–Crippen LogP) is 5.11. The normalized spacial score (nSPS) is 11.0. The van der Waals surface area contributed by atoms with Crippen molar-refractivity contribution in [2.75, 3.05) is 0 Å². The van der Waals surface area contributed by atoms with E-state index < -0.39 is 0 Å². The van der Waals surface area contributed by atoms with Gasteiger partial charge in [0, 0.05) is 5.56 Å². The van der Waals surface area contributed by atoms with Crippen LogP contribution in [0.25, 0.3) is 6.08 Å². The Morgan fingerprint density at radius 3 is 2.58 bits per heavy atom. The average molecular weight is 409 g/mol. The van der Waals surface area contributed by atoms with Gasteiger partial charge >= 0.3 is 0 Å². The van der Waals surface area contributed by atoms with E-state index in [1.807, 2.05) is 48.7 Å². The molecule has 4 aromatic rings. The molecule has 0 aliphatic carbocycles. The highest BCUT2D eigenvalue weighted by molar-refractivity contribution is 6.06. The quantitative estimate of drug-likeness (QED) is 0.300. The lowest BCUT2D eigenvalue weighted by molar-refractivity contribution is 0.104. The topological polar surface area (TPSA) is 57.0 Å². The molecule has 0 fully saturated rings. The molecule has 0 aliphatic rings. The number of rotatable bonds is 8. The zero-order valence-electron chi connectivity index (χ0n) is 17.3. The molecule has 0 unspecified atom stereocenters. The Bertz CT molecular complexity index is 1180. The molecule has 1 heterocycles. The third kappa shape index (κ3) is 5.76. The van der Waals surface area contributed by atoms with Crippen molar-refractivity contribution in [1.82, 2.24) is 15.0 Å². The summed E-state index contributed by atoms with van der Waals surface area (Å²) in [7, 11) is 0. The van der Waals surface area contributed by atoms with E-state index >= 15 is 0 Å². The van der Waals surface area contributed by atoms with E-state index in [1.54, 1.807) is 35.0 Å². The number of aryl methyl sites for hydroxylation is 1. The second kappa shape index (κ2) is 9.67. The fourth-order valence-corrected chi connectivity index (χ4v) is 3.18.